The minimum Gasteiger partial charge on any atom is -0.497 e. The number of ether oxygens (including phenoxy) is 3. The molecule has 8 heteroatoms. The first kappa shape index (κ1) is 28.7. The fraction of sp³-hybridized carbons (Fsp3) is 0.344. The molecule has 2 amide bonds. The first-order valence-electron chi connectivity index (χ1n) is 13.3. The average Bonchev–Trinajstić information content (AvgIpc) is 3.76. The number of Topliss-reactive ketones (excluding diaryl/α,β-unsaturated/α-hetero) is 1. The number of rotatable bonds is 10. The van der Waals surface area contributed by atoms with Gasteiger partial charge in [-0.25, -0.2) is 4.79 Å². The number of nitrogens with zero attached hydrogens (tertiary/aromatic N) is 1. The van der Waals surface area contributed by atoms with Crippen LogP contribution in [-0.4, -0.2) is 48.5 Å². The Morgan fingerprint density at radius 1 is 0.900 bits per heavy atom. The van der Waals surface area contributed by atoms with Crippen LogP contribution in [0.1, 0.15) is 56.0 Å². The van der Waals surface area contributed by atoms with Crippen LogP contribution in [0.5, 0.6) is 11.5 Å². The SMILES string of the molecule is COc1ccc(-c2ccc(C(=O)CC(=O)Nc3ccc(CN(C(=O)OC(C)(C)C)C4CC4)cc3)cc2)c(OC)c1. The van der Waals surface area contributed by atoms with Gasteiger partial charge in [0.2, 0.25) is 5.91 Å². The standard InChI is InChI=1S/C32H36N2O6/c1-32(2,3)40-31(37)34(25-14-15-25)20-21-6-12-24(13-7-21)33-30(36)19-28(35)23-10-8-22(9-11-23)27-17-16-26(38-4)18-29(27)39-5/h6-13,16-18,25H,14-15,19-20H2,1-5H3,(H,33,36). The van der Waals surface area contributed by atoms with Crippen molar-refractivity contribution in [3.05, 3.63) is 77.9 Å². The van der Waals surface area contributed by atoms with Gasteiger partial charge in [0.05, 0.1) is 20.6 Å². The number of amides is 2. The summed E-state index contributed by atoms with van der Waals surface area (Å²) in [7, 11) is 3.19. The highest BCUT2D eigenvalue weighted by Crippen LogP contribution is 2.33. The molecule has 3 aromatic carbocycles. The Labute approximate surface area is 235 Å². The molecule has 3 aromatic rings. The highest BCUT2D eigenvalue weighted by atomic mass is 16.6. The van der Waals surface area contributed by atoms with E-state index in [0.717, 1.165) is 29.5 Å². The van der Waals surface area contributed by atoms with Gasteiger partial charge in [0.15, 0.2) is 5.78 Å². The zero-order chi connectivity index (χ0) is 28.9. The predicted octanol–water partition coefficient (Wildman–Crippen LogP) is 6.48. The van der Waals surface area contributed by atoms with Gasteiger partial charge in [-0.05, 0) is 69.0 Å². The summed E-state index contributed by atoms with van der Waals surface area (Å²) in [5, 5.41) is 2.78. The lowest BCUT2D eigenvalue weighted by atomic mass is 10.0. The Balaban J connectivity index is 1.33. The van der Waals surface area contributed by atoms with Gasteiger partial charge in [0.25, 0.3) is 0 Å². The van der Waals surface area contributed by atoms with Crippen molar-refractivity contribution < 1.29 is 28.6 Å². The van der Waals surface area contributed by atoms with E-state index in [0.29, 0.717) is 29.3 Å². The average molecular weight is 545 g/mol. The second-order valence-electron chi connectivity index (χ2n) is 10.8. The van der Waals surface area contributed by atoms with Crippen molar-refractivity contribution in [2.75, 3.05) is 19.5 Å². The minimum absolute atomic E-state index is 0.201. The van der Waals surface area contributed by atoms with E-state index in [1.54, 1.807) is 49.5 Å². The quantitative estimate of drug-likeness (QED) is 0.232. The molecule has 0 bridgehead atoms. The van der Waals surface area contributed by atoms with E-state index in [1.807, 2.05) is 57.2 Å². The smallest absolute Gasteiger partial charge is 0.410 e. The molecule has 0 radical (unpaired) electrons. The maximum atomic E-state index is 12.8. The number of anilines is 1. The Morgan fingerprint density at radius 3 is 2.15 bits per heavy atom. The van der Waals surface area contributed by atoms with Gasteiger partial charge >= 0.3 is 6.09 Å². The first-order valence-corrected chi connectivity index (χ1v) is 13.3. The van der Waals surface area contributed by atoms with E-state index in [1.165, 1.54) is 0 Å². The highest BCUT2D eigenvalue weighted by molar-refractivity contribution is 6.11. The van der Waals surface area contributed by atoms with Crippen LogP contribution in [0, 0.1) is 0 Å². The van der Waals surface area contributed by atoms with Crippen molar-refractivity contribution in [3.63, 3.8) is 0 Å². The number of benzene rings is 3. The number of hydrogen-bond acceptors (Lipinski definition) is 6. The van der Waals surface area contributed by atoms with Crippen LogP contribution in [0.15, 0.2) is 66.7 Å². The molecule has 0 heterocycles. The maximum absolute atomic E-state index is 12.8. The molecule has 8 nitrogen and oxygen atoms in total. The number of carbonyl (C=O) groups is 3. The van der Waals surface area contributed by atoms with Crippen molar-refractivity contribution in [2.45, 2.75) is 58.2 Å². The van der Waals surface area contributed by atoms with Crippen LogP contribution >= 0.6 is 0 Å². The van der Waals surface area contributed by atoms with E-state index >= 15 is 0 Å². The van der Waals surface area contributed by atoms with E-state index in [2.05, 4.69) is 5.32 Å². The van der Waals surface area contributed by atoms with Gasteiger partial charge in [-0.15, -0.1) is 0 Å². The lowest BCUT2D eigenvalue weighted by Gasteiger charge is -2.27. The molecule has 210 valence electrons. The van der Waals surface area contributed by atoms with Crippen LogP contribution in [-0.2, 0) is 16.1 Å². The number of hydrogen-bond donors (Lipinski definition) is 1. The topological polar surface area (TPSA) is 94.2 Å². The number of nitrogens with one attached hydrogen (secondary N) is 1. The van der Waals surface area contributed by atoms with E-state index in [4.69, 9.17) is 14.2 Å². The lowest BCUT2D eigenvalue weighted by Crippen LogP contribution is -2.37. The fourth-order valence-corrected chi connectivity index (χ4v) is 4.27. The Hall–Kier alpha value is -4.33. The third-order valence-electron chi connectivity index (χ3n) is 6.45. The zero-order valence-electron chi connectivity index (χ0n) is 23.7. The van der Waals surface area contributed by atoms with Gasteiger partial charge in [-0.3, -0.25) is 9.59 Å². The third kappa shape index (κ3) is 7.62. The van der Waals surface area contributed by atoms with Crippen LogP contribution < -0.4 is 14.8 Å². The minimum atomic E-state index is -0.554. The molecule has 0 spiro atoms. The summed E-state index contributed by atoms with van der Waals surface area (Å²) in [6, 6.07) is 20.1. The summed E-state index contributed by atoms with van der Waals surface area (Å²) in [5.74, 6) is 0.676. The van der Waals surface area contributed by atoms with Crippen molar-refractivity contribution in [1.82, 2.24) is 4.90 Å². The zero-order valence-corrected chi connectivity index (χ0v) is 23.7. The van der Waals surface area contributed by atoms with Crippen LogP contribution in [0.4, 0.5) is 10.5 Å². The summed E-state index contributed by atoms with van der Waals surface area (Å²) >= 11 is 0. The molecule has 0 aliphatic heterocycles. The van der Waals surface area contributed by atoms with Crippen LogP contribution in [0.2, 0.25) is 0 Å². The summed E-state index contributed by atoms with van der Waals surface area (Å²) in [6.07, 6.45) is 1.35. The fourth-order valence-electron chi connectivity index (χ4n) is 4.27. The molecule has 0 atom stereocenters. The monoisotopic (exact) mass is 544 g/mol. The molecule has 0 aromatic heterocycles. The molecular formula is C32H36N2O6. The Bertz CT molecular complexity index is 1360. The molecule has 40 heavy (non-hydrogen) atoms. The Kier molecular flexibility index (Phi) is 8.77. The van der Waals surface area contributed by atoms with Crippen molar-refractivity contribution in [3.8, 4) is 22.6 Å². The van der Waals surface area contributed by atoms with Gasteiger partial charge in [0, 0.05) is 35.5 Å². The summed E-state index contributed by atoms with van der Waals surface area (Å²) < 4.78 is 16.3. The van der Waals surface area contributed by atoms with Crippen molar-refractivity contribution in [1.29, 1.82) is 0 Å². The van der Waals surface area contributed by atoms with Crippen LogP contribution in [0.3, 0.4) is 0 Å². The lowest BCUT2D eigenvalue weighted by molar-refractivity contribution is -0.115. The Morgan fingerprint density at radius 2 is 1.57 bits per heavy atom. The van der Waals surface area contributed by atoms with E-state index in [9.17, 15) is 14.4 Å². The van der Waals surface area contributed by atoms with Gasteiger partial charge < -0.3 is 24.4 Å². The van der Waals surface area contributed by atoms with Gasteiger partial charge in [-0.2, -0.15) is 0 Å². The number of methoxy groups -OCH3 is 2. The van der Waals surface area contributed by atoms with E-state index < -0.39 is 11.5 Å². The summed E-state index contributed by atoms with van der Waals surface area (Å²) in [6.45, 7) is 6.00. The van der Waals surface area contributed by atoms with Gasteiger partial charge in [0.1, 0.15) is 17.1 Å². The van der Waals surface area contributed by atoms with Gasteiger partial charge in [-0.1, -0.05) is 36.4 Å². The molecule has 1 fully saturated rings. The molecule has 1 aliphatic carbocycles. The largest absolute Gasteiger partial charge is 0.497 e. The third-order valence-corrected chi connectivity index (χ3v) is 6.45. The number of ketones is 1. The molecule has 1 aliphatic rings. The second-order valence-corrected chi connectivity index (χ2v) is 10.8. The molecular weight excluding hydrogens is 508 g/mol. The van der Waals surface area contributed by atoms with E-state index in [-0.39, 0.29) is 24.3 Å². The molecule has 0 unspecified atom stereocenters. The first-order chi connectivity index (χ1) is 19.1. The normalized spacial score (nSPS) is 12.8. The molecule has 1 N–H and O–H groups in total. The number of carbonyl (C=O) groups excluding carboxylic acids is 3. The molecule has 0 saturated heterocycles. The predicted molar refractivity (Wildman–Crippen MR) is 154 cm³/mol. The van der Waals surface area contributed by atoms with Crippen LogP contribution in [0.25, 0.3) is 11.1 Å². The molecule has 4 rings (SSSR count). The van der Waals surface area contributed by atoms with Crippen molar-refractivity contribution >= 4 is 23.5 Å². The summed E-state index contributed by atoms with van der Waals surface area (Å²) in [4.78, 5) is 39.7. The maximum Gasteiger partial charge on any atom is 0.410 e. The molecule has 1 saturated carbocycles. The highest BCUT2D eigenvalue weighted by Gasteiger charge is 2.35. The van der Waals surface area contributed by atoms with Crippen molar-refractivity contribution in [2.24, 2.45) is 0 Å². The second kappa shape index (κ2) is 12.2. The summed E-state index contributed by atoms with van der Waals surface area (Å²) in [5.41, 5.74) is 3.16.